The maximum Gasteiger partial charge on any atom is 0.144 e. The molecule has 1 aromatic heterocycles. The van der Waals surface area contributed by atoms with Gasteiger partial charge in [-0.25, -0.2) is 4.98 Å². The number of nitrogens with zero attached hydrogens (tertiary/aromatic N) is 3. The fraction of sp³-hybridized carbons (Fsp3) is 0.667. The summed E-state index contributed by atoms with van der Waals surface area (Å²) in [5.41, 5.74) is 5.35. The van der Waals surface area contributed by atoms with E-state index in [1.807, 2.05) is 26.2 Å². The van der Waals surface area contributed by atoms with Gasteiger partial charge >= 0.3 is 0 Å². The van der Waals surface area contributed by atoms with Crippen molar-refractivity contribution < 1.29 is 5.21 Å². The fourth-order valence-corrected chi connectivity index (χ4v) is 1.67. The molecule has 0 unspecified atom stereocenters. The molecule has 0 spiro atoms. The molecule has 0 aliphatic heterocycles. The van der Waals surface area contributed by atoms with Gasteiger partial charge in [-0.2, -0.15) is 0 Å². The number of amidine groups is 1. The van der Waals surface area contributed by atoms with E-state index in [1.54, 1.807) is 0 Å². The number of hydrogen-bond donors (Lipinski definition) is 2. The summed E-state index contributed by atoms with van der Waals surface area (Å²) in [5, 5.41) is 11.8. The topological polar surface area (TPSA) is 76.4 Å². The minimum Gasteiger partial charge on any atom is -0.409 e. The summed E-state index contributed by atoms with van der Waals surface area (Å²) in [6, 6.07) is 0. The normalized spacial score (nSPS) is 13.4. The third-order valence-corrected chi connectivity index (χ3v) is 3.04. The van der Waals surface area contributed by atoms with Gasteiger partial charge in [-0.15, -0.1) is 0 Å². The van der Waals surface area contributed by atoms with Crippen molar-refractivity contribution in [3.63, 3.8) is 0 Å². The van der Waals surface area contributed by atoms with Crippen molar-refractivity contribution in [1.29, 1.82) is 0 Å². The van der Waals surface area contributed by atoms with Crippen molar-refractivity contribution in [2.24, 2.45) is 16.3 Å². The van der Waals surface area contributed by atoms with Gasteiger partial charge in [-0.05, 0) is 6.42 Å². The molecular weight excluding hydrogens is 216 g/mol. The Hall–Kier alpha value is -1.52. The molecule has 0 atom stereocenters. The molecule has 0 aliphatic carbocycles. The van der Waals surface area contributed by atoms with E-state index >= 15 is 0 Å². The van der Waals surface area contributed by atoms with E-state index < -0.39 is 0 Å². The summed E-state index contributed by atoms with van der Waals surface area (Å²) in [7, 11) is 0. The molecule has 5 heteroatoms. The number of rotatable bonds is 5. The number of hydrogen-bond acceptors (Lipinski definition) is 3. The Bertz CT molecular complexity index is 393. The molecule has 1 rings (SSSR count). The molecule has 0 aromatic carbocycles. The Morgan fingerprint density at radius 1 is 1.59 bits per heavy atom. The Morgan fingerprint density at radius 3 is 2.76 bits per heavy atom. The zero-order chi connectivity index (χ0) is 13.1. The van der Waals surface area contributed by atoms with Crippen molar-refractivity contribution in [2.75, 3.05) is 0 Å². The number of imidazole rings is 1. The van der Waals surface area contributed by atoms with E-state index in [0.29, 0.717) is 5.92 Å². The van der Waals surface area contributed by atoms with Crippen LogP contribution in [-0.4, -0.2) is 20.6 Å². The highest BCUT2D eigenvalue weighted by molar-refractivity contribution is 5.85. The summed E-state index contributed by atoms with van der Waals surface area (Å²) in [6.45, 7) is 8.99. The van der Waals surface area contributed by atoms with E-state index in [-0.39, 0.29) is 11.3 Å². The fourth-order valence-electron chi connectivity index (χ4n) is 1.67. The van der Waals surface area contributed by atoms with Crippen molar-refractivity contribution in [3.05, 3.63) is 18.2 Å². The van der Waals surface area contributed by atoms with Crippen LogP contribution in [-0.2, 0) is 6.54 Å². The van der Waals surface area contributed by atoms with E-state index in [0.717, 1.165) is 18.8 Å². The Morgan fingerprint density at radius 2 is 2.24 bits per heavy atom. The molecule has 5 nitrogen and oxygen atoms in total. The lowest BCUT2D eigenvalue weighted by molar-refractivity contribution is 0.303. The van der Waals surface area contributed by atoms with E-state index in [4.69, 9.17) is 10.9 Å². The van der Waals surface area contributed by atoms with Gasteiger partial charge < -0.3 is 15.5 Å². The van der Waals surface area contributed by atoms with Gasteiger partial charge in [0.25, 0.3) is 0 Å². The first-order valence-corrected chi connectivity index (χ1v) is 5.87. The van der Waals surface area contributed by atoms with Crippen molar-refractivity contribution in [3.8, 4) is 0 Å². The molecule has 0 fully saturated rings. The second-order valence-corrected chi connectivity index (χ2v) is 5.25. The maximum atomic E-state index is 8.71. The third kappa shape index (κ3) is 3.22. The Labute approximate surface area is 102 Å². The predicted octanol–water partition coefficient (Wildman–Crippen LogP) is 2.17. The highest BCUT2D eigenvalue weighted by Gasteiger charge is 2.23. The molecular formula is C12H22N4O. The number of oxime groups is 1. The number of aromatic nitrogens is 2. The van der Waals surface area contributed by atoms with Crippen molar-refractivity contribution in [1.82, 2.24) is 9.55 Å². The smallest absolute Gasteiger partial charge is 0.144 e. The van der Waals surface area contributed by atoms with Crippen LogP contribution in [0, 0.1) is 5.41 Å². The first-order chi connectivity index (χ1) is 7.88. The zero-order valence-corrected chi connectivity index (χ0v) is 11.0. The lowest BCUT2D eigenvalue weighted by Crippen LogP contribution is -2.33. The van der Waals surface area contributed by atoms with E-state index in [1.165, 1.54) is 0 Å². The SMILES string of the molecule is CC(C)c1nccn1CCC(C)(C)C(N)=NO. The molecule has 1 heterocycles. The highest BCUT2D eigenvalue weighted by Crippen LogP contribution is 2.22. The zero-order valence-electron chi connectivity index (χ0n) is 11.0. The molecule has 96 valence electrons. The van der Waals surface area contributed by atoms with Gasteiger partial charge in [-0.1, -0.05) is 32.9 Å². The van der Waals surface area contributed by atoms with Crippen LogP contribution in [0.5, 0.6) is 0 Å². The molecule has 0 amide bonds. The van der Waals surface area contributed by atoms with Crippen LogP contribution in [0.4, 0.5) is 0 Å². The number of nitrogens with two attached hydrogens (primary N) is 1. The lowest BCUT2D eigenvalue weighted by atomic mass is 9.88. The summed E-state index contributed by atoms with van der Waals surface area (Å²) in [4.78, 5) is 4.33. The minimum absolute atomic E-state index is 0.267. The molecule has 0 saturated carbocycles. The van der Waals surface area contributed by atoms with E-state index in [9.17, 15) is 0 Å². The monoisotopic (exact) mass is 238 g/mol. The van der Waals surface area contributed by atoms with Gasteiger partial charge in [0.2, 0.25) is 0 Å². The summed E-state index contributed by atoms with van der Waals surface area (Å²) < 4.78 is 2.12. The molecule has 0 aliphatic rings. The van der Waals surface area contributed by atoms with Crippen LogP contribution in [0.15, 0.2) is 17.5 Å². The van der Waals surface area contributed by atoms with Gasteiger partial charge in [-0.3, -0.25) is 0 Å². The van der Waals surface area contributed by atoms with Gasteiger partial charge in [0.15, 0.2) is 0 Å². The standard InChI is InChI=1S/C12H22N4O/c1-9(2)10-14-6-8-16(10)7-5-12(3,4)11(13)15-17/h6,8-9,17H,5,7H2,1-4H3,(H2,13,15). The van der Waals surface area contributed by atoms with Crippen LogP contribution >= 0.6 is 0 Å². The van der Waals surface area contributed by atoms with Crippen LogP contribution in [0.25, 0.3) is 0 Å². The average Bonchev–Trinajstić information content (AvgIpc) is 2.73. The number of aryl methyl sites for hydroxylation is 1. The maximum absolute atomic E-state index is 8.71. The first-order valence-electron chi connectivity index (χ1n) is 5.87. The second-order valence-electron chi connectivity index (χ2n) is 5.25. The van der Waals surface area contributed by atoms with Crippen LogP contribution < -0.4 is 5.73 Å². The van der Waals surface area contributed by atoms with Crippen LogP contribution in [0.2, 0.25) is 0 Å². The largest absolute Gasteiger partial charge is 0.409 e. The molecule has 0 bridgehead atoms. The predicted molar refractivity (Wildman–Crippen MR) is 68.1 cm³/mol. The van der Waals surface area contributed by atoms with Crippen LogP contribution in [0.3, 0.4) is 0 Å². The third-order valence-electron chi connectivity index (χ3n) is 3.04. The molecule has 0 radical (unpaired) electrons. The summed E-state index contributed by atoms with van der Waals surface area (Å²) in [5.74, 6) is 1.74. The Kier molecular flexibility index (Phi) is 4.15. The van der Waals surface area contributed by atoms with E-state index in [2.05, 4.69) is 28.6 Å². The minimum atomic E-state index is -0.312. The Balaban J connectivity index is 2.71. The van der Waals surface area contributed by atoms with Crippen molar-refractivity contribution in [2.45, 2.75) is 46.6 Å². The molecule has 0 saturated heterocycles. The quantitative estimate of drug-likeness (QED) is 0.357. The summed E-state index contributed by atoms with van der Waals surface area (Å²) in [6.07, 6.45) is 4.59. The average molecular weight is 238 g/mol. The van der Waals surface area contributed by atoms with Gasteiger partial charge in [0, 0.05) is 30.3 Å². The summed E-state index contributed by atoms with van der Waals surface area (Å²) >= 11 is 0. The highest BCUT2D eigenvalue weighted by atomic mass is 16.4. The first kappa shape index (κ1) is 13.5. The molecule has 3 N–H and O–H groups in total. The molecule has 1 aromatic rings. The second kappa shape index (κ2) is 5.21. The van der Waals surface area contributed by atoms with Crippen LogP contribution in [0.1, 0.15) is 45.9 Å². The molecule has 17 heavy (non-hydrogen) atoms. The van der Waals surface area contributed by atoms with Gasteiger partial charge in [0.1, 0.15) is 11.7 Å². The lowest BCUT2D eigenvalue weighted by Gasteiger charge is -2.23. The van der Waals surface area contributed by atoms with Gasteiger partial charge in [0.05, 0.1) is 0 Å². The van der Waals surface area contributed by atoms with Crippen molar-refractivity contribution >= 4 is 5.84 Å².